The van der Waals surface area contributed by atoms with Crippen molar-refractivity contribution < 1.29 is 18.0 Å². The van der Waals surface area contributed by atoms with Gasteiger partial charge in [0.1, 0.15) is 28.9 Å². The highest BCUT2D eigenvalue weighted by molar-refractivity contribution is 5.68. The maximum Gasteiger partial charge on any atom is 0.169 e. The molecule has 10 heteroatoms. The number of benzene rings is 2. The van der Waals surface area contributed by atoms with Gasteiger partial charge in [-0.15, -0.1) is 0 Å². The minimum Gasteiger partial charge on any atom is -0.494 e. The second-order valence-electron chi connectivity index (χ2n) is 7.74. The van der Waals surface area contributed by atoms with Gasteiger partial charge in [-0.3, -0.25) is 4.68 Å². The van der Waals surface area contributed by atoms with E-state index in [-0.39, 0.29) is 17.9 Å². The molecule has 2 aromatic carbocycles. The summed E-state index contributed by atoms with van der Waals surface area (Å²) in [7, 11) is 0. The van der Waals surface area contributed by atoms with E-state index < -0.39 is 11.6 Å². The number of hydrogen-bond donors (Lipinski definition) is 0. The summed E-state index contributed by atoms with van der Waals surface area (Å²) in [6.45, 7) is 2.83. The van der Waals surface area contributed by atoms with Crippen molar-refractivity contribution in [3.63, 3.8) is 0 Å². The highest BCUT2D eigenvalue weighted by Gasteiger charge is 2.19. The molecule has 0 unspecified atom stereocenters. The molecule has 2 aliphatic heterocycles. The smallest absolute Gasteiger partial charge is 0.169 e. The van der Waals surface area contributed by atoms with Gasteiger partial charge in [-0.05, 0) is 36.8 Å². The molecule has 35 heavy (non-hydrogen) atoms. The molecule has 174 valence electrons. The molecular formula is C25H18F2N6O2. The van der Waals surface area contributed by atoms with Gasteiger partial charge in [0, 0.05) is 11.6 Å². The summed E-state index contributed by atoms with van der Waals surface area (Å²) in [6.07, 6.45) is 4.00. The van der Waals surface area contributed by atoms with Gasteiger partial charge in [0.25, 0.3) is 0 Å². The largest absolute Gasteiger partial charge is 0.494 e. The van der Waals surface area contributed by atoms with Crippen molar-refractivity contribution in [2.45, 2.75) is 19.9 Å². The first-order valence-corrected chi connectivity index (χ1v) is 10.8. The predicted molar refractivity (Wildman–Crippen MR) is 121 cm³/mol. The van der Waals surface area contributed by atoms with Crippen molar-refractivity contribution >= 4 is 0 Å². The Labute approximate surface area is 198 Å². The van der Waals surface area contributed by atoms with E-state index in [9.17, 15) is 14.0 Å². The van der Waals surface area contributed by atoms with Crippen LogP contribution in [0, 0.1) is 23.0 Å². The van der Waals surface area contributed by atoms with E-state index in [1.807, 2.05) is 6.92 Å². The Morgan fingerprint density at radius 2 is 1.94 bits per heavy atom. The van der Waals surface area contributed by atoms with Gasteiger partial charge >= 0.3 is 0 Å². The molecule has 0 aliphatic carbocycles. The fourth-order valence-electron chi connectivity index (χ4n) is 3.56. The molecule has 8 nitrogen and oxygen atoms in total. The molecule has 0 saturated heterocycles. The summed E-state index contributed by atoms with van der Waals surface area (Å²) in [5.74, 6) is -0.823. The number of rotatable bonds is 7. The lowest BCUT2D eigenvalue weighted by atomic mass is 10.1. The molecule has 3 heterocycles. The first-order valence-electron chi connectivity index (χ1n) is 10.8. The highest BCUT2D eigenvalue weighted by Crippen LogP contribution is 2.29. The first-order chi connectivity index (χ1) is 17.1. The zero-order chi connectivity index (χ0) is 24.4. The third-order valence-corrected chi connectivity index (χ3v) is 5.24. The van der Waals surface area contributed by atoms with Crippen molar-refractivity contribution in [1.29, 1.82) is 5.26 Å². The predicted octanol–water partition coefficient (Wildman–Crippen LogP) is 5.09. The maximum atomic E-state index is 14.1. The molecule has 0 saturated carbocycles. The molecule has 0 bridgehead atoms. The highest BCUT2D eigenvalue weighted by atomic mass is 19.2. The Balaban J connectivity index is 1.38. The van der Waals surface area contributed by atoms with Crippen LogP contribution < -0.4 is 4.74 Å². The number of hydrogen-bond acceptors (Lipinski definition) is 7. The average molecular weight is 472 g/mol. The van der Waals surface area contributed by atoms with Crippen molar-refractivity contribution in [3.05, 3.63) is 77.8 Å². The monoisotopic (exact) mass is 472 g/mol. The summed E-state index contributed by atoms with van der Waals surface area (Å²) in [5.41, 5.74) is 2.49. The Kier molecular flexibility index (Phi) is 5.89. The van der Waals surface area contributed by atoms with Crippen LogP contribution in [0.4, 0.5) is 8.78 Å². The lowest BCUT2D eigenvalue weighted by Crippen LogP contribution is -2.05. The Morgan fingerprint density at radius 1 is 1.09 bits per heavy atom. The van der Waals surface area contributed by atoms with Crippen LogP contribution in [0.1, 0.15) is 24.6 Å². The minimum atomic E-state index is -1.000. The normalized spacial score (nSPS) is 11.0. The molecule has 2 aliphatic rings. The van der Waals surface area contributed by atoms with Crippen LogP contribution in [0.25, 0.3) is 34.1 Å². The second-order valence-corrected chi connectivity index (χ2v) is 7.74. The topological polar surface area (TPSA) is 103 Å². The van der Waals surface area contributed by atoms with Gasteiger partial charge in [-0.25, -0.2) is 18.7 Å². The van der Waals surface area contributed by atoms with Crippen LogP contribution in [0.5, 0.6) is 5.75 Å². The van der Waals surface area contributed by atoms with Gasteiger partial charge in [-0.1, -0.05) is 18.1 Å². The standard InChI is InChI=1S/C25H18F2N6O2/c1-2-8-34-17-6-7-18(15(9-17)11-28)23-10-16(32-35-23)13-33-14-22-21(12-29-33)30-25(31-22)19-4-3-5-20(26)24(19)27/h3-7,9-10,12,14H,2,8,13H2,1H3. The van der Waals surface area contributed by atoms with Crippen molar-refractivity contribution in [3.8, 4) is 45.9 Å². The number of imidazole rings is 1. The summed E-state index contributed by atoms with van der Waals surface area (Å²) in [5, 5.41) is 17.9. The van der Waals surface area contributed by atoms with Gasteiger partial charge < -0.3 is 9.26 Å². The molecular weight excluding hydrogens is 454 g/mol. The number of nitrogens with zero attached hydrogens (tertiary/aromatic N) is 6. The van der Waals surface area contributed by atoms with E-state index in [4.69, 9.17) is 9.26 Å². The Hall–Kier alpha value is -4.65. The van der Waals surface area contributed by atoms with Crippen LogP contribution in [-0.2, 0) is 6.54 Å². The molecule has 0 atom stereocenters. The SMILES string of the molecule is CCCOc1ccc(-c2cc(Cn3cc4nc(-c5cccc(F)c5F)nc-4cn3)no2)c(C#N)c1. The Morgan fingerprint density at radius 3 is 2.77 bits per heavy atom. The quantitative estimate of drug-likeness (QED) is 0.325. The summed E-state index contributed by atoms with van der Waals surface area (Å²) < 4.78 is 40.4. The van der Waals surface area contributed by atoms with E-state index in [1.165, 1.54) is 18.3 Å². The van der Waals surface area contributed by atoms with Gasteiger partial charge in [0.2, 0.25) is 0 Å². The minimum absolute atomic E-state index is 0.0201. The van der Waals surface area contributed by atoms with Crippen LogP contribution in [0.3, 0.4) is 0 Å². The molecule has 1 aromatic heterocycles. The van der Waals surface area contributed by atoms with Gasteiger partial charge in [-0.2, -0.15) is 10.4 Å². The molecule has 5 rings (SSSR count). The maximum absolute atomic E-state index is 14.1. The number of fused-ring (bicyclic) bond motifs is 1. The zero-order valence-electron chi connectivity index (χ0n) is 18.6. The van der Waals surface area contributed by atoms with Crippen molar-refractivity contribution in [2.24, 2.45) is 0 Å². The van der Waals surface area contributed by atoms with E-state index in [1.54, 1.807) is 35.1 Å². The number of halogens is 2. The Bertz CT molecular complexity index is 1520. The zero-order valence-corrected chi connectivity index (χ0v) is 18.6. The molecule has 0 fully saturated rings. The lowest BCUT2D eigenvalue weighted by molar-refractivity contribution is 0.317. The molecule has 0 N–H and O–H groups in total. The second kappa shape index (κ2) is 9.30. The summed E-state index contributed by atoms with van der Waals surface area (Å²) >= 11 is 0. The van der Waals surface area contributed by atoms with E-state index in [0.717, 1.165) is 12.5 Å². The number of aromatic nitrogens is 5. The number of nitriles is 1. The molecule has 0 spiro atoms. The van der Waals surface area contributed by atoms with Crippen molar-refractivity contribution in [1.82, 2.24) is 24.9 Å². The van der Waals surface area contributed by atoms with Crippen molar-refractivity contribution in [2.75, 3.05) is 6.61 Å². The van der Waals surface area contributed by atoms with E-state index in [0.29, 0.717) is 46.3 Å². The van der Waals surface area contributed by atoms with Gasteiger partial charge in [0.15, 0.2) is 23.2 Å². The van der Waals surface area contributed by atoms with Crippen LogP contribution in [0.2, 0.25) is 0 Å². The summed E-state index contributed by atoms with van der Waals surface area (Å²) in [6, 6.07) is 13.0. The molecule has 0 radical (unpaired) electrons. The fraction of sp³-hybridized carbons (Fsp3) is 0.160. The molecule has 3 aromatic rings. The third-order valence-electron chi connectivity index (χ3n) is 5.24. The molecule has 0 amide bonds. The lowest BCUT2D eigenvalue weighted by Gasteiger charge is -2.06. The number of ether oxygens (including phenoxy) is 1. The van der Waals surface area contributed by atoms with Gasteiger partial charge in [0.05, 0.1) is 36.7 Å². The van der Waals surface area contributed by atoms with Crippen LogP contribution in [0.15, 0.2) is 59.4 Å². The summed E-state index contributed by atoms with van der Waals surface area (Å²) in [4.78, 5) is 8.57. The fourth-order valence-corrected chi connectivity index (χ4v) is 3.56. The van der Waals surface area contributed by atoms with E-state index >= 15 is 0 Å². The van der Waals surface area contributed by atoms with Crippen LogP contribution >= 0.6 is 0 Å². The third kappa shape index (κ3) is 4.44. The van der Waals surface area contributed by atoms with Crippen LogP contribution in [-0.4, -0.2) is 31.5 Å². The first kappa shape index (κ1) is 22.2. The average Bonchev–Trinajstić information content (AvgIpc) is 3.51. The van der Waals surface area contributed by atoms with E-state index in [2.05, 4.69) is 26.3 Å².